The highest BCUT2D eigenvalue weighted by molar-refractivity contribution is 5.69. The Hall–Kier alpha value is -1.98. The number of nitrogens with zero attached hydrogens (tertiary/aromatic N) is 3. The maximum absolute atomic E-state index is 11.8. The van der Waals surface area contributed by atoms with Crippen LogP contribution in [0.5, 0.6) is 0 Å². The molecule has 0 aliphatic heterocycles. The standard InChI is InChI=1S/C15H23N5O/c1-2-3-4-5-6-7-8-9-11-10-17-13-12(18-11)14(21)20-15(16)19-13/h10H,2-9H2,1H3,(H3,16,17,19,20,21). The molecule has 3 N–H and O–H groups in total. The van der Waals surface area contributed by atoms with Gasteiger partial charge < -0.3 is 5.73 Å². The summed E-state index contributed by atoms with van der Waals surface area (Å²) in [7, 11) is 0. The molecule has 6 nitrogen and oxygen atoms in total. The van der Waals surface area contributed by atoms with Crippen LogP contribution < -0.4 is 11.3 Å². The van der Waals surface area contributed by atoms with Gasteiger partial charge in [0.15, 0.2) is 11.2 Å². The third-order valence-corrected chi connectivity index (χ3v) is 3.52. The first kappa shape index (κ1) is 15.4. The zero-order chi connectivity index (χ0) is 15.1. The van der Waals surface area contributed by atoms with Crippen LogP contribution in [0.1, 0.15) is 57.6 Å². The second kappa shape index (κ2) is 7.71. The molecule has 0 amide bonds. The average molecular weight is 289 g/mol. The minimum atomic E-state index is -0.327. The minimum Gasteiger partial charge on any atom is -0.369 e. The summed E-state index contributed by atoms with van der Waals surface area (Å²) in [4.78, 5) is 26.7. The normalized spacial score (nSPS) is 11.1. The third kappa shape index (κ3) is 4.51. The summed E-state index contributed by atoms with van der Waals surface area (Å²) in [5, 5.41) is 0. The minimum absolute atomic E-state index is 0.0710. The van der Waals surface area contributed by atoms with Crippen molar-refractivity contribution in [3.8, 4) is 0 Å². The highest BCUT2D eigenvalue weighted by Crippen LogP contribution is 2.10. The van der Waals surface area contributed by atoms with E-state index < -0.39 is 0 Å². The van der Waals surface area contributed by atoms with Crippen molar-refractivity contribution >= 4 is 17.1 Å². The molecule has 0 aliphatic rings. The van der Waals surface area contributed by atoms with Crippen LogP contribution in [0.4, 0.5) is 5.95 Å². The molecule has 0 unspecified atom stereocenters. The monoisotopic (exact) mass is 289 g/mol. The number of aromatic amines is 1. The van der Waals surface area contributed by atoms with Crippen molar-refractivity contribution in [1.29, 1.82) is 0 Å². The molecule has 0 saturated carbocycles. The molecule has 2 aromatic heterocycles. The van der Waals surface area contributed by atoms with E-state index in [-0.39, 0.29) is 17.0 Å². The molecule has 114 valence electrons. The van der Waals surface area contributed by atoms with E-state index in [2.05, 4.69) is 26.9 Å². The molecule has 2 heterocycles. The van der Waals surface area contributed by atoms with E-state index >= 15 is 0 Å². The van der Waals surface area contributed by atoms with Gasteiger partial charge in [0.1, 0.15) is 0 Å². The Morgan fingerprint density at radius 1 is 1.10 bits per heavy atom. The van der Waals surface area contributed by atoms with E-state index in [1.165, 1.54) is 38.5 Å². The van der Waals surface area contributed by atoms with E-state index in [0.717, 1.165) is 18.5 Å². The fourth-order valence-electron chi connectivity index (χ4n) is 2.35. The van der Waals surface area contributed by atoms with Crippen LogP contribution in [-0.4, -0.2) is 19.9 Å². The van der Waals surface area contributed by atoms with Gasteiger partial charge in [-0.15, -0.1) is 0 Å². The van der Waals surface area contributed by atoms with Crippen LogP contribution in [-0.2, 0) is 6.42 Å². The zero-order valence-corrected chi connectivity index (χ0v) is 12.6. The van der Waals surface area contributed by atoms with Gasteiger partial charge in [-0.1, -0.05) is 45.4 Å². The van der Waals surface area contributed by atoms with E-state index in [9.17, 15) is 4.79 Å². The van der Waals surface area contributed by atoms with Crippen LogP contribution in [0, 0.1) is 0 Å². The number of rotatable bonds is 8. The second-order valence-electron chi connectivity index (χ2n) is 5.36. The number of H-pyrrole nitrogens is 1. The smallest absolute Gasteiger partial charge is 0.280 e. The van der Waals surface area contributed by atoms with Crippen molar-refractivity contribution < 1.29 is 0 Å². The summed E-state index contributed by atoms with van der Waals surface area (Å²) in [6.07, 6.45) is 11.3. The van der Waals surface area contributed by atoms with E-state index in [1.807, 2.05) is 0 Å². The van der Waals surface area contributed by atoms with Crippen LogP contribution in [0.25, 0.3) is 11.2 Å². The van der Waals surface area contributed by atoms with Gasteiger partial charge in [-0.2, -0.15) is 4.98 Å². The van der Waals surface area contributed by atoms with Gasteiger partial charge in [-0.05, 0) is 12.8 Å². The van der Waals surface area contributed by atoms with E-state index in [4.69, 9.17) is 5.73 Å². The predicted octanol–water partition coefficient (Wildman–Crippen LogP) is 2.59. The maximum Gasteiger partial charge on any atom is 0.280 e. The molecule has 2 rings (SSSR count). The second-order valence-corrected chi connectivity index (χ2v) is 5.36. The number of aromatic nitrogens is 4. The summed E-state index contributed by atoms with van der Waals surface area (Å²) in [6, 6.07) is 0. The van der Waals surface area contributed by atoms with Gasteiger partial charge in [0, 0.05) is 0 Å². The van der Waals surface area contributed by atoms with Crippen molar-refractivity contribution in [3.63, 3.8) is 0 Å². The van der Waals surface area contributed by atoms with Gasteiger partial charge >= 0.3 is 0 Å². The van der Waals surface area contributed by atoms with Crippen molar-refractivity contribution in [2.45, 2.75) is 58.3 Å². The lowest BCUT2D eigenvalue weighted by Gasteiger charge is -2.03. The summed E-state index contributed by atoms with van der Waals surface area (Å²) >= 11 is 0. The Bertz CT molecular complexity index is 637. The fraction of sp³-hybridized carbons (Fsp3) is 0.600. The van der Waals surface area contributed by atoms with Gasteiger partial charge in [0.2, 0.25) is 5.95 Å². The molecule has 0 saturated heterocycles. The molecule has 0 fully saturated rings. The molecular formula is C15H23N5O. The number of aryl methyl sites for hydroxylation is 1. The first-order chi connectivity index (χ1) is 10.2. The number of nitrogens with two attached hydrogens (primary N) is 1. The largest absolute Gasteiger partial charge is 0.369 e. The van der Waals surface area contributed by atoms with Crippen LogP contribution >= 0.6 is 0 Å². The molecule has 0 radical (unpaired) electrons. The molecule has 21 heavy (non-hydrogen) atoms. The van der Waals surface area contributed by atoms with Crippen LogP contribution in [0.15, 0.2) is 11.0 Å². The summed E-state index contributed by atoms with van der Waals surface area (Å²) in [6.45, 7) is 2.22. The molecule has 0 aromatic carbocycles. The molecule has 2 aromatic rings. The van der Waals surface area contributed by atoms with Crippen molar-refractivity contribution in [3.05, 3.63) is 22.2 Å². The average Bonchev–Trinajstić information content (AvgIpc) is 2.46. The predicted molar refractivity (Wildman–Crippen MR) is 84.1 cm³/mol. The Morgan fingerprint density at radius 3 is 2.57 bits per heavy atom. The third-order valence-electron chi connectivity index (χ3n) is 3.52. The summed E-state index contributed by atoms with van der Waals surface area (Å²) < 4.78 is 0. The molecule has 0 atom stereocenters. The highest BCUT2D eigenvalue weighted by atomic mass is 16.1. The van der Waals surface area contributed by atoms with Gasteiger partial charge in [0.25, 0.3) is 5.56 Å². The number of fused-ring (bicyclic) bond motifs is 1. The Labute approximate surface area is 124 Å². The first-order valence-corrected chi connectivity index (χ1v) is 7.72. The summed E-state index contributed by atoms with van der Waals surface area (Å²) in [5.41, 5.74) is 6.56. The summed E-state index contributed by atoms with van der Waals surface area (Å²) in [5.74, 6) is 0.0710. The van der Waals surface area contributed by atoms with Crippen LogP contribution in [0.3, 0.4) is 0 Å². The van der Waals surface area contributed by atoms with E-state index in [1.54, 1.807) is 6.20 Å². The number of nitrogens with one attached hydrogen (secondary N) is 1. The lowest BCUT2D eigenvalue weighted by atomic mass is 10.1. The quantitative estimate of drug-likeness (QED) is 0.728. The molecule has 0 spiro atoms. The molecule has 6 heteroatoms. The number of anilines is 1. The van der Waals surface area contributed by atoms with E-state index in [0.29, 0.717) is 5.65 Å². The molecular weight excluding hydrogens is 266 g/mol. The lowest BCUT2D eigenvalue weighted by Crippen LogP contribution is -2.14. The van der Waals surface area contributed by atoms with Gasteiger partial charge in [0.05, 0.1) is 11.9 Å². The Kier molecular flexibility index (Phi) is 5.66. The first-order valence-electron chi connectivity index (χ1n) is 7.72. The molecule has 0 bridgehead atoms. The Balaban J connectivity index is 1.87. The highest BCUT2D eigenvalue weighted by Gasteiger charge is 2.06. The number of nitrogen functional groups attached to an aromatic ring is 1. The molecule has 0 aliphatic carbocycles. The Morgan fingerprint density at radius 2 is 1.81 bits per heavy atom. The number of hydrogen-bond donors (Lipinski definition) is 2. The zero-order valence-electron chi connectivity index (χ0n) is 12.6. The van der Waals surface area contributed by atoms with Gasteiger partial charge in [-0.3, -0.25) is 9.78 Å². The topological polar surface area (TPSA) is 97.5 Å². The van der Waals surface area contributed by atoms with Gasteiger partial charge in [-0.25, -0.2) is 9.97 Å². The number of hydrogen-bond acceptors (Lipinski definition) is 5. The van der Waals surface area contributed by atoms with Crippen molar-refractivity contribution in [2.75, 3.05) is 5.73 Å². The van der Waals surface area contributed by atoms with Crippen molar-refractivity contribution in [1.82, 2.24) is 19.9 Å². The van der Waals surface area contributed by atoms with Crippen LogP contribution in [0.2, 0.25) is 0 Å². The lowest BCUT2D eigenvalue weighted by molar-refractivity contribution is 0.587. The SMILES string of the molecule is CCCCCCCCCc1cnc2nc(N)[nH]c(=O)c2n1. The number of unbranched alkanes of at least 4 members (excludes halogenated alkanes) is 6. The fourth-order valence-corrected chi connectivity index (χ4v) is 2.35. The van der Waals surface area contributed by atoms with Crippen molar-refractivity contribution in [2.24, 2.45) is 0 Å². The maximum atomic E-state index is 11.8.